The van der Waals surface area contributed by atoms with E-state index in [9.17, 15) is 4.79 Å². The highest BCUT2D eigenvalue weighted by Crippen LogP contribution is 2.09. The normalized spacial score (nSPS) is 11.3. The molecule has 0 aliphatic carbocycles. The molecule has 0 aliphatic heterocycles. The van der Waals surface area contributed by atoms with Gasteiger partial charge in [-0.15, -0.1) is 0 Å². The number of hydrogen-bond donors (Lipinski definition) is 1. The van der Waals surface area contributed by atoms with E-state index in [1.807, 2.05) is 44.2 Å². The fourth-order valence-corrected chi connectivity index (χ4v) is 2.14. The summed E-state index contributed by atoms with van der Waals surface area (Å²) in [6, 6.07) is 13.1. The van der Waals surface area contributed by atoms with Crippen LogP contribution < -0.4 is 20.8 Å². The summed E-state index contributed by atoms with van der Waals surface area (Å²) in [6.07, 6.45) is 2.42. The molecule has 0 aliphatic rings. The minimum Gasteiger partial charge on any atom is -0.493 e. The number of aromatic nitrogens is 1. The van der Waals surface area contributed by atoms with Crippen molar-refractivity contribution in [3.63, 3.8) is 0 Å². The Kier molecular flexibility index (Phi) is 5.82. The maximum atomic E-state index is 12.3. The molecule has 23 heavy (non-hydrogen) atoms. The van der Waals surface area contributed by atoms with Crippen molar-refractivity contribution in [3.8, 4) is 11.5 Å². The standard InChI is InChI=1S/C18H24N2O3/c1-18(2,19)14-20-11-6-10-16(17(20)21)23-13-7-12-22-15-8-4-3-5-9-15/h3-6,8-11H,7,12-14,19H2,1-2H3. The fourth-order valence-electron chi connectivity index (χ4n) is 2.14. The van der Waals surface area contributed by atoms with Crippen LogP contribution in [0.4, 0.5) is 0 Å². The number of rotatable bonds is 8. The van der Waals surface area contributed by atoms with Crippen molar-refractivity contribution >= 4 is 0 Å². The first-order valence-electron chi connectivity index (χ1n) is 7.75. The Morgan fingerprint density at radius 3 is 2.43 bits per heavy atom. The third-order valence-electron chi connectivity index (χ3n) is 3.12. The SMILES string of the molecule is CC(C)(N)Cn1cccc(OCCCOc2ccccc2)c1=O. The van der Waals surface area contributed by atoms with E-state index in [0.29, 0.717) is 31.9 Å². The van der Waals surface area contributed by atoms with Crippen LogP contribution in [0.3, 0.4) is 0 Å². The molecule has 0 spiro atoms. The molecule has 0 bridgehead atoms. The average Bonchev–Trinajstić information content (AvgIpc) is 2.50. The lowest BCUT2D eigenvalue weighted by Gasteiger charge is -2.20. The largest absolute Gasteiger partial charge is 0.493 e. The molecule has 124 valence electrons. The predicted molar refractivity (Wildman–Crippen MR) is 91.0 cm³/mol. The first-order chi connectivity index (χ1) is 11.0. The van der Waals surface area contributed by atoms with Crippen molar-refractivity contribution in [2.75, 3.05) is 13.2 Å². The molecule has 1 aromatic heterocycles. The number of pyridine rings is 1. The summed E-state index contributed by atoms with van der Waals surface area (Å²) < 4.78 is 12.7. The Morgan fingerprint density at radius 1 is 1.04 bits per heavy atom. The monoisotopic (exact) mass is 316 g/mol. The summed E-state index contributed by atoms with van der Waals surface area (Å²) in [7, 11) is 0. The highest BCUT2D eigenvalue weighted by Gasteiger charge is 2.13. The zero-order valence-corrected chi connectivity index (χ0v) is 13.7. The molecule has 2 aromatic rings. The molecule has 5 heteroatoms. The van der Waals surface area contributed by atoms with Gasteiger partial charge in [-0.25, -0.2) is 0 Å². The van der Waals surface area contributed by atoms with Gasteiger partial charge in [-0.2, -0.15) is 0 Å². The molecule has 0 fully saturated rings. The topological polar surface area (TPSA) is 66.5 Å². The number of hydrogen-bond acceptors (Lipinski definition) is 4. The van der Waals surface area contributed by atoms with Gasteiger partial charge in [0.2, 0.25) is 0 Å². The summed E-state index contributed by atoms with van der Waals surface area (Å²) in [5, 5.41) is 0. The molecular weight excluding hydrogens is 292 g/mol. The fraction of sp³-hybridized carbons (Fsp3) is 0.389. The van der Waals surface area contributed by atoms with Crippen LogP contribution in [0, 0.1) is 0 Å². The van der Waals surface area contributed by atoms with E-state index < -0.39 is 5.54 Å². The second kappa shape index (κ2) is 7.83. The Bertz CT molecular complexity index is 660. The van der Waals surface area contributed by atoms with Crippen LogP contribution >= 0.6 is 0 Å². The van der Waals surface area contributed by atoms with Gasteiger partial charge < -0.3 is 19.8 Å². The molecule has 2 N–H and O–H groups in total. The van der Waals surface area contributed by atoms with Crippen LogP contribution in [0.2, 0.25) is 0 Å². The third-order valence-corrected chi connectivity index (χ3v) is 3.12. The van der Waals surface area contributed by atoms with Gasteiger partial charge in [0.05, 0.1) is 13.2 Å². The molecular formula is C18H24N2O3. The number of nitrogens with two attached hydrogens (primary N) is 1. The van der Waals surface area contributed by atoms with E-state index in [-0.39, 0.29) is 5.56 Å². The summed E-state index contributed by atoms with van der Waals surface area (Å²) in [5.74, 6) is 1.18. The Balaban J connectivity index is 1.82. The lowest BCUT2D eigenvalue weighted by molar-refractivity contribution is 0.244. The molecule has 0 atom stereocenters. The number of nitrogens with zero attached hydrogens (tertiary/aromatic N) is 1. The van der Waals surface area contributed by atoms with Gasteiger partial charge in [0.15, 0.2) is 5.75 Å². The van der Waals surface area contributed by atoms with E-state index >= 15 is 0 Å². The third kappa shape index (κ3) is 5.79. The minimum atomic E-state index is -0.452. The molecule has 0 saturated carbocycles. The van der Waals surface area contributed by atoms with Gasteiger partial charge >= 0.3 is 0 Å². The highest BCUT2D eigenvalue weighted by molar-refractivity contribution is 5.21. The molecule has 0 saturated heterocycles. The smallest absolute Gasteiger partial charge is 0.292 e. The summed E-state index contributed by atoms with van der Waals surface area (Å²) in [5.41, 5.74) is 5.35. The van der Waals surface area contributed by atoms with Gasteiger partial charge in [0.1, 0.15) is 5.75 Å². The van der Waals surface area contributed by atoms with Crippen molar-refractivity contribution in [3.05, 3.63) is 59.0 Å². The van der Waals surface area contributed by atoms with E-state index in [4.69, 9.17) is 15.2 Å². The second-order valence-electron chi connectivity index (χ2n) is 6.16. The van der Waals surface area contributed by atoms with Crippen LogP contribution in [-0.2, 0) is 6.54 Å². The van der Waals surface area contributed by atoms with Gasteiger partial charge in [-0.1, -0.05) is 18.2 Å². The van der Waals surface area contributed by atoms with Crippen molar-refractivity contribution < 1.29 is 9.47 Å². The van der Waals surface area contributed by atoms with E-state index in [1.54, 1.807) is 22.9 Å². The van der Waals surface area contributed by atoms with Gasteiger partial charge in [0.25, 0.3) is 5.56 Å². The van der Waals surface area contributed by atoms with Crippen molar-refractivity contribution in [2.45, 2.75) is 32.4 Å². The quantitative estimate of drug-likeness (QED) is 0.760. The molecule has 0 amide bonds. The zero-order chi connectivity index (χ0) is 16.7. The molecule has 2 rings (SSSR count). The minimum absolute atomic E-state index is 0.157. The highest BCUT2D eigenvalue weighted by atomic mass is 16.5. The van der Waals surface area contributed by atoms with Crippen LogP contribution in [0.15, 0.2) is 53.5 Å². The lowest BCUT2D eigenvalue weighted by atomic mass is 10.1. The average molecular weight is 316 g/mol. The van der Waals surface area contributed by atoms with Gasteiger partial charge in [0, 0.05) is 24.7 Å². The first kappa shape index (κ1) is 17.1. The maximum absolute atomic E-state index is 12.3. The van der Waals surface area contributed by atoms with Crippen LogP contribution in [-0.4, -0.2) is 23.3 Å². The molecule has 0 unspecified atom stereocenters. The van der Waals surface area contributed by atoms with Crippen LogP contribution in [0.1, 0.15) is 20.3 Å². The summed E-state index contributed by atoms with van der Waals surface area (Å²) in [4.78, 5) is 12.3. The second-order valence-corrected chi connectivity index (χ2v) is 6.16. The van der Waals surface area contributed by atoms with E-state index in [2.05, 4.69) is 0 Å². The zero-order valence-electron chi connectivity index (χ0n) is 13.7. The lowest BCUT2D eigenvalue weighted by Crippen LogP contribution is -2.40. The molecule has 1 aromatic carbocycles. The van der Waals surface area contributed by atoms with E-state index in [1.165, 1.54) is 0 Å². The number of ether oxygens (including phenoxy) is 2. The number of para-hydroxylation sites is 1. The van der Waals surface area contributed by atoms with Crippen molar-refractivity contribution in [1.82, 2.24) is 4.57 Å². The molecule has 0 radical (unpaired) electrons. The molecule has 5 nitrogen and oxygen atoms in total. The van der Waals surface area contributed by atoms with Crippen molar-refractivity contribution in [2.24, 2.45) is 5.73 Å². The van der Waals surface area contributed by atoms with Gasteiger partial charge in [-0.05, 0) is 38.1 Å². The Labute approximate surface area is 136 Å². The van der Waals surface area contributed by atoms with Crippen molar-refractivity contribution in [1.29, 1.82) is 0 Å². The summed E-state index contributed by atoms with van der Waals surface area (Å²) in [6.45, 7) is 5.18. The van der Waals surface area contributed by atoms with E-state index in [0.717, 1.165) is 5.75 Å². The van der Waals surface area contributed by atoms with Crippen LogP contribution in [0.25, 0.3) is 0 Å². The Morgan fingerprint density at radius 2 is 1.74 bits per heavy atom. The van der Waals surface area contributed by atoms with Gasteiger partial charge in [-0.3, -0.25) is 4.79 Å². The summed E-state index contributed by atoms with van der Waals surface area (Å²) >= 11 is 0. The number of benzene rings is 1. The Hall–Kier alpha value is -2.27. The van der Waals surface area contributed by atoms with Crippen LogP contribution in [0.5, 0.6) is 11.5 Å². The maximum Gasteiger partial charge on any atom is 0.292 e. The predicted octanol–water partition coefficient (Wildman–Crippen LogP) is 2.43. The first-order valence-corrected chi connectivity index (χ1v) is 7.75. The molecule has 1 heterocycles.